The van der Waals surface area contributed by atoms with Gasteiger partial charge in [-0.25, -0.2) is 4.39 Å². The highest BCUT2D eigenvalue weighted by Crippen LogP contribution is 2.31. The molecular formula is C11H10F4N2. The van der Waals surface area contributed by atoms with Gasteiger partial charge in [-0.2, -0.15) is 13.2 Å². The molecule has 1 aliphatic heterocycles. The van der Waals surface area contributed by atoms with Crippen LogP contribution in [0, 0.1) is 5.82 Å². The van der Waals surface area contributed by atoms with Crippen molar-refractivity contribution >= 4 is 5.84 Å². The molecule has 0 amide bonds. The fraction of sp³-hybridized carbons (Fsp3) is 0.364. The predicted molar refractivity (Wildman–Crippen MR) is 55.4 cm³/mol. The van der Waals surface area contributed by atoms with Gasteiger partial charge < -0.3 is 5.32 Å². The lowest BCUT2D eigenvalue weighted by molar-refractivity contribution is -0.140. The summed E-state index contributed by atoms with van der Waals surface area (Å²) in [6, 6.07) is 2.93. The Hall–Kier alpha value is -1.59. The standard InChI is InChI=1S/C11H10F4N2/c1-6-5-16-10(17-6)7-2-3-8(9(12)4-7)11(13,14)15/h2-4,6H,5H2,1H3,(H,16,17). The van der Waals surface area contributed by atoms with Crippen molar-refractivity contribution in [2.45, 2.75) is 19.1 Å². The summed E-state index contributed by atoms with van der Waals surface area (Å²) in [5.74, 6) is -0.843. The first-order chi connectivity index (χ1) is 7.88. The van der Waals surface area contributed by atoms with E-state index in [2.05, 4.69) is 10.3 Å². The Morgan fingerprint density at radius 3 is 2.53 bits per heavy atom. The van der Waals surface area contributed by atoms with Gasteiger partial charge in [0, 0.05) is 11.6 Å². The average Bonchev–Trinajstić information content (AvgIpc) is 2.62. The zero-order chi connectivity index (χ0) is 12.6. The largest absolute Gasteiger partial charge is 0.419 e. The van der Waals surface area contributed by atoms with E-state index in [-0.39, 0.29) is 6.04 Å². The third kappa shape index (κ3) is 2.40. The fourth-order valence-corrected chi connectivity index (χ4v) is 1.62. The van der Waals surface area contributed by atoms with Crippen molar-refractivity contribution in [3.63, 3.8) is 0 Å². The minimum atomic E-state index is -4.67. The normalized spacial score (nSPS) is 20.1. The number of hydrogen-bond donors (Lipinski definition) is 1. The van der Waals surface area contributed by atoms with Crippen LogP contribution in [-0.4, -0.2) is 18.4 Å². The molecule has 1 N–H and O–H groups in total. The topological polar surface area (TPSA) is 24.4 Å². The van der Waals surface area contributed by atoms with Gasteiger partial charge in [0.1, 0.15) is 11.7 Å². The lowest BCUT2D eigenvalue weighted by Crippen LogP contribution is -2.27. The number of halogens is 4. The quantitative estimate of drug-likeness (QED) is 0.757. The van der Waals surface area contributed by atoms with Crippen molar-refractivity contribution < 1.29 is 17.6 Å². The molecule has 1 aliphatic rings. The molecule has 0 aromatic heterocycles. The maximum Gasteiger partial charge on any atom is 0.419 e. The molecule has 0 saturated heterocycles. The van der Waals surface area contributed by atoms with Crippen LogP contribution in [0.2, 0.25) is 0 Å². The molecule has 0 saturated carbocycles. The number of alkyl halides is 3. The second-order valence-electron chi connectivity index (χ2n) is 3.93. The number of nitrogens with one attached hydrogen (secondary N) is 1. The van der Waals surface area contributed by atoms with Crippen molar-refractivity contribution in [3.8, 4) is 0 Å². The highest BCUT2D eigenvalue weighted by molar-refractivity contribution is 6.00. The van der Waals surface area contributed by atoms with Crippen molar-refractivity contribution in [2.24, 2.45) is 4.99 Å². The maximum atomic E-state index is 13.3. The maximum absolute atomic E-state index is 13.3. The molecular weight excluding hydrogens is 236 g/mol. The summed E-state index contributed by atoms with van der Waals surface area (Å²) in [4.78, 5) is 4.08. The summed E-state index contributed by atoms with van der Waals surface area (Å²) in [6.07, 6.45) is -4.67. The number of nitrogens with zero attached hydrogens (tertiary/aromatic N) is 1. The molecule has 1 aromatic rings. The molecule has 1 heterocycles. The third-order valence-electron chi connectivity index (χ3n) is 2.45. The summed E-state index contributed by atoms with van der Waals surface area (Å²) >= 11 is 0. The smallest absolute Gasteiger partial charge is 0.366 e. The molecule has 2 rings (SSSR count). The molecule has 0 aliphatic carbocycles. The van der Waals surface area contributed by atoms with Gasteiger partial charge >= 0.3 is 6.18 Å². The van der Waals surface area contributed by atoms with Gasteiger partial charge in [0.05, 0.1) is 12.1 Å². The highest BCUT2D eigenvalue weighted by Gasteiger charge is 2.34. The Bertz CT molecular complexity index is 465. The van der Waals surface area contributed by atoms with Crippen LogP contribution < -0.4 is 5.32 Å². The molecule has 0 radical (unpaired) electrons. The molecule has 1 aromatic carbocycles. The Kier molecular flexibility index (Phi) is 2.81. The summed E-state index contributed by atoms with van der Waals surface area (Å²) in [7, 11) is 0. The predicted octanol–water partition coefficient (Wildman–Crippen LogP) is 2.58. The Morgan fingerprint density at radius 2 is 2.06 bits per heavy atom. The van der Waals surface area contributed by atoms with Gasteiger partial charge in [-0.3, -0.25) is 4.99 Å². The van der Waals surface area contributed by atoms with E-state index < -0.39 is 17.6 Å². The summed E-state index contributed by atoms with van der Waals surface area (Å²) in [6.45, 7) is 2.43. The van der Waals surface area contributed by atoms with Gasteiger partial charge in [0.25, 0.3) is 0 Å². The third-order valence-corrected chi connectivity index (χ3v) is 2.45. The number of amidine groups is 1. The van der Waals surface area contributed by atoms with Crippen LogP contribution in [0.5, 0.6) is 0 Å². The molecule has 17 heavy (non-hydrogen) atoms. The van der Waals surface area contributed by atoms with E-state index >= 15 is 0 Å². The van der Waals surface area contributed by atoms with E-state index in [1.54, 1.807) is 0 Å². The van der Waals surface area contributed by atoms with Crippen molar-refractivity contribution in [2.75, 3.05) is 6.54 Å². The SMILES string of the molecule is CC1CN=C(c2ccc(C(F)(F)F)c(F)c2)N1. The van der Waals surface area contributed by atoms with Crippen LogP contribution in [0.3, 0.4) is 0 Å². The minimum Gasteiger partial charge on any atom is -0.366 e. The van der Waals surface area contributed by atoms with Crippen LogP contribution in [0.25, 0.3) is 0 Å². The lowest BCUT2D eigenvalue weighted by atomic mass is 10.1. The van der Waals surface area contributed by atoms with Gasteiger partial charge in [-0.1, -0.05) is 6.07 Å². The summed E-state index contributed by atoms with van der Waals surface area (Å²) in [5.41, 5.74) is -0.923. The van der Waals surface area contributed by atoms with E-state index in [0.29, 0.717) is 17.9 Å². The minimum absolute atomic E-state index is 0.121. The van der Waals surface area contributed by atoms with Crippen molar-refractivity contribution in [1.82, 2.24) is 5.32 Å². The first-order valence-electron chi connectivity index (χ1n) is 5.06. The van der Waals surface area contributed by atoms with E-state index in [1.807, 2.05) is 6.92 Å². The van der Waals surface area contributed by atoms with E-state index in [9.17, 15) is 17.6 Å². The lowest BCUT2D eigenvalue weighted by Gasteiger charge is -2.10. The first kappa shape index (κ1) is 11.9. The fourth-order valence-electron chi connectivity index (χ4n) is 1.62. The number of rotatable bonds is 1. The van der Waals surface area contributed by atoms with E-state index in [1.165, 1.54) is 6.07 Å². The molecule has 0 spiro atoms. The van der Waals surface area contributed by atoms with E-state index in [0.717, 1.165) is 12.1 Å². The summed E-state index contributed by atoms with van der Waals surface area (Å²) < 4.78 is 50.3. The Morgan fingerprint density at radius 1 is 1.35 bits per heavy atom. The van der Waals surface area contributed by atoms with E-state index in [4.69, 9.17) is 0 Å². The van der Waals surface area contributed by atoms with Gasteiger partial charge in [0.2, 0.25) is 0 Å². The van der Waals surface area contributed by atoms with Crippen molar-refractivity contribution in [3.05, 3.63) is 35.1 Å². The zero-order valence-corrected chi connectivity index (χ0v) is 8.98. The summed E-state index contributed by atoms with van der Waals surface area (Å²) in [5, 5.41) is 2.96. The van der Waals surface area contributed by atoms with Crippen LogP contribution in [0.4, 0.5) is 17.6 Å². The number of hydrogen-bond acceptors (Lipinski definition) is 2. The van der Waals surface area contributed by atoms with Crippen LogP contribution in [0.15, 0.2) is 23.2 Å². The molecule has 92 valence electrons. The monoisotopic (exact) mass is 246 g/mol. The van der Waals surface area contributed by atoms with Gasteiger partial charge in [-0.05, 0) is 19.1 Å². The van der Waals surface area contributed by atoms with Crippen LogP contribution >= 0.6 is 0 Å². The second-order valence-corrected chi connectivity index (χ2v) is 3.93. The van der Waals surface area contributed by atoms with Crippen LogP contribution in [0.1, 0.15) is 18.1 Å². The molecule has 1 unspecified atom stereocenters. The Balaban J connectivity index is 2.32. The average molecular weight is 246 g/mol. The highest BCUT2D eigenvalue weighted by atomic mass is 19.4. The molecule has 2 nitrogen and oxygen atoms in total. The molecule has 6 heteroatoms. The molecule has 0 bridgehead atoms. The Labute approximate surface area is 95.4 Å². The molecule has 1 atom stereocenters. The van der Waals surface area contributed by atoms with Gasteiger partial charge in [-0.15, -0.1) is 0 Å². The van der Waals surface area contributed by atoms with Crippen molar-refractivity contribution in [1.29, 1.82) is 0 Å². The molecule has 0 fully saturated rings. The number of aliphatic imine (C=N–C) groups is 1. The zero-order valence-electron chi connectivity index (χ0n) is 8.98. The van der Waals surface area contributed by atoms with Crippen LogP contribution in [-0.2, 0) is 6.18 Å². The second kappa shape index (κ2) is 4.01. The first-order valence-corrected chi connectivity index (χ1v) is 5.06. The number of benzene rings is 1. The van der Waals surface area contributed by atoms with Gasteiger partial charge in [0.15, 0.2) is 0 Å².